The van der Waals surface area contributed by atoms with Gasteiger partial charge in [0.2, 0.25) is 0 Å². The second-order valence-corrected chi connectivity index (χ2v) is 2.59. The van der Waals surface area contributed by atoms with Crippen molar-refractivity contribution in [2.45, 2.75) is 19.8 Å². The third kappa shape index (κ3) is 6.11. The van der Waals surface area contributed by atoms with Gasteiger partial charge in [0.1, 0.15) is 0 Å². The van der Waals surface area contributed by atoms with Crippen LogP contribution in [0.5, 0.6) is 0 Å². The number of likely N-dealkylation sites (N-methyl/N-ethyl adjacent to an activating group) is 1. The fourth-order valence-electron chi connectivity index (χ4n) is 0.674. The highest BCUT2D eigenvalue weighted by atomic mass is 16.7. The first-order valence-corrected chi connectivity index (χ1v) is 4.37. The van der Waals surface area contributed by atoms with Crippen LogP contribution in [0.2, 0.25) is 0 Å². The molecular formula is C10H17NO2. The molecule has 1 amide bonds. The van der Waals surface area contributed by atoms with E-state index in [9.17, 15) is 4.79 Å². The lowest BCUT2D eigenvalue weighted by Crippen LogP contribution is -2.22. The number of hydrogen-bond acceptors (Lipinski definition) is 2. The molecule has 0 radical (unpaired) electrons. The van der Waals surface area contributed by atoms with Gasteiger partial charge in [-0.05, 0) is 6.42 Å². The number of hydroxylamine groups is 2. The number of amides is 1. The zero-order valence-corrected chi connectivity index (χ0v) is 8.49. The number of carbonyl (C=O) groups excluding carboxylic acids is 1. The Morgan fingerprint density at radius 1 is 1.46 bits per heavy atom. The maximum absolute atomic E-state index is 11.1. The fourth-order valence-corrected chi connectivity index (χ4v) is 0.674. The van der Waals surface area contributed by atoms with Crippen molar-refractivity contribution in [3.8, 4) is 0 Å². The van der Waals surface area contributed by atoms with Crippen LogP contribution in [-0.4, -0.2) is 25.1 Å². The minimum absolute atomic E-state index is 0.163. The molecule has 0 saturated carbocycles. The first kappa shape index (κ1) is 11.9. The molecule has 0 rings (SSSR count). The monoisotopic (exact) mass is 183 g/mol. The number of carbonyl (C=O) groups is 1. The Labute approximate surface area is 79.6 Å². The van der Waals surface area contributed by atoms with Crippen LogP contribution in [0.15, 0.2) is 24.3 Å². The van der Waals surface area contributed by atoms with Crippen molar-refractivity contribution in [3.05, 3.63) is 24.3 Å². The highest BCUT2D eigenvalue weighted by Crippen LogP contribution is 1.90. The molecule has 0 saturated heterocycles. The van der Waals surface area contributed by atoms with E-state index in [1.807, 2.05) is 12.2 Å². The molecular weight excluding hydrogens is 166 g/mol. The molecule has 0 atom stereocenters. The summed E-state index contributed by atoms with van der Waals surface area (Å²) in [5.74, 6) is -0.163. The maximum Gasteiger partial charge on any atom is 0.269 e. The van der Waals surface area contributed by atoms with E-state index >= 15 is 0 Å². The Morgan fingerprint density at radius 2 is 2.15 bits per heavy atom. The fraction of sp³-hybridized carbons (Fsp3) is 0.500. The minimum atomic E-state index is -0.163. The lowest BCUT2D eigenvalue weighted by molar-refractivity contribution is -0.162. The van der Waals surface area contributed by atoms with E-state index in [-0.39, 0.29) is 5.91 Å². The summed E-state index contributed by atoms with van der Waals surface area (Å²) in [6.45, 7) is 2.11. The van der Waals surface area contributed by atoms with E-state index in [0.717, 1.165) is 12.8 Å². The Hall–Kier alpha value is -1.09. The summed E-state index contributed by atoms with van der Waals surface area (Å²) in [5, 5.41) is 1.17. The maximum atomic E-state index is 11.1. The number of rotatable bonds is 5. The van der Waals surface area contributed by atoms with Gasteiger partial charge in [-0.2, -0.15) is 0 Å². The van der Waals surface area contributed by atoms with Gasteiger partial charge in [0.05, 0.1) is 7.11 Å². The van der Waals surface area contributed by atoms with E-state index in [1.54, 1.807) is 13.1 Å². The Bertz CT molecular complexity index is 197. The molecule has 0 fully saturated rings. The predicted octanol–water partition coefficient (Wildman–Crippen LogP) is 1.92. The van der Waals surface area contributed by atoms with Gasteiger partial charge in [-0.1, -0.05) is 31.6 Å². The highest BCUT2D eigenvalue weighted by molar-refractivity contribution is 5.86. The van der Waals surface area contributed by atoms with Crippen LogP contribution >= 0.6 is 0 Å². The van der Waals surface area contributed by atoms with Gasteiger partial charge in [0.15, 0.2) is 0 Å². The predicted molar refractivity (Wildman–Crippen MR) is 53.0 cm³/mol. The van der Waals surface area contributed by atoms with Gasteiger partial charge in [-0.3, -0.25) is 9.63 Å². The smallest absolute Gasteiger partial charge is 0.269 e. The van der Waals surface area contributed by atoms with Crippen molar-refractivity contribution in [1.29, 1.82) is 0 Å². The molecule has 0 unspecified atom stereocenters. The summed E-state index contributed by atoms with van der Waals surface area (Å²) < 4.78 is 0. The second kappa shape index (κ2) is 7.55. The summed E-state index contributed by atoms with van der Waals surface area (Å²) >= 11 is 0. The molecule has 0 aliphatic heterocycles. The van der Waals surface area contributed by atoms with E-state index in [2.05, 4.69) is 6.92 Å². The van der Waals surface area contributed by atoms with Crippen LogP contribution in [-0.2, 0) is 9.63 Å². The van der Waals surface area contributed by atoms with Crippen LogP contribution in [0.3, 0.4) is 0 Å². The Kier molecular flexibility index (Phi) is 6.92. The molecule has 0 aromatic carbocycles. The summed E-state index contributed by atoms with van der Waals surface area (Å²) in [6, 6.07) is 0. The average molecular weight is 183 g/mol. The molecule has 13 heavy (non-hydrogen) atoms. The molecule has 0 aliphatic carbocycles. The molecule has 74 valence electrons. The van der Waals surface area contributed by atoms with Crippen molar-refractivity contribution in [2.75, 3.05) is 14.2 Å². The van der Waals surface area contributed by atoms with Crippen LogP contribution in [0.1, 0.15) is 19.8 Å². The SMILES string of the molecule is CCC/C=C\C=C\C(=O)N(C)OC. The van der Waals surface area contributed by atoms with Crippen LogP contribution in [0.25, 0.3) is 0 Å². The van der Waals surface area contributed by atoms with Crippen molar-refractivity contribution >= 4 is 5.91 Å². The average Bonchev–Trinajstić information content (AvgIpc) is 2.16. The van der Waals surface area contributed by atoms with Gasteiger partial charge >= 0.3 is 0 Å². The largest absolute Gasteiger partial charge is 0.274 e. The second-order valence-electron chi connectivity index (χ2n) is 2.59. The van der Waals surface area contributed by atoms with Gasteiger partial charge in [0, 0.05) is 13.1 Å². The molecule has 0 spiro atoms. The van der Waals surface area contributed by atoms with Crippen molar-refractivity contribution in [2.24, 2.45) is 0 Å². The third-order valence-corrected chi connectivity index (χ3v) is 1.53. The van der Waals surface area contributed by atoms with Crippen LogP contribution in [0, 0.1) is 0 Å². The Balaban J connectivity index is 3.77. The highest BCUT2D eigenvalue weighted by Gasteiger charge is 1.99. The first-order valence-electron chi connectivity index (χ1n) is 4.37. The molecule has 0 N–H and O–H groups in total. The van der Waals surface area contributed by atoms with Crippen molar-refractivity contribution < 1.29 is 9.63 Å². The molecule has 0 aromatic rings. The van der Waals surface area contributed by atoms with Gasteiger partial charge in [-0.15, -0.1) is 0 Å². The summed E-state index contributed by atoms with van der Waals surface area (Å²) in [6.07, 6.45) is 9.24. The number of unbranched alkanes of at least 4 members (excludes halogenated alkanes) is 1. The molecule has 0 heterocycles. The van der Waals surface area contributed by atoms with Gasteiger partial charge in [-0.25, -0.2) is 5.06 Å². The van der Waals surface area contributed by atoms with Gasteiger partial charge < -0.3 is 0 Å². The number of nitrogens with zero attached hydrogens (tertiary/aromatic N) is 1. The number of allylic oxidation sites excluding steroid dienone is 3. The zero-order valence-electron chi connectivity index (χ0n) is 8.49. The summed E-state index contributed by atoms with van der Waals surface area (Å²) in [4.78, 5) is 15.8. The molecule has 3 heteroatoms. The molecule has 0 bridgehead atoms. The van der Waals surface area contributed by atoms with E-state index in [4.69, 9.17) is 4.84 Å². The molecule has 0 aromatic heterocycles. The van der Waals surface area contributed by atoms with Crippen molar-refractivity contribution in [1.82, 2.24) is 5.06 Å². The normalized spacial score (nSPS) is 11.3. The minimum Gasteiger partial charge on any atom is -0.274 e. The third-order valence-electron chi connectivity index (χ3n) is 1.53. The quantitative estimate of drug-likeness (QED) is 0.370. The van der Waals surface area contributed by atoms with Crippen LogP contribution < -0.4 is 0 Å². The van der Waals surface area contributed by atoms with Gasteiger partial charge in [0.25, 0.3) is 5.91 Å². The van der Waals surface area contributed by atoms with E-state index in [1.165, 1.54) is 18.2 Å². The van der Waals surface area contributed by atoms with E-state index < -0.39 is 0 Å². The molecule has 3 nitrogen and oxygen atoms in total. The van der Waals surface area contributed by atoms with E-state index in [0.29, 0.717) is 0 Å². The Morgan fingerprint density at radius 3 is 2.69 bits per heavy atom. The first-order chi connectivity index (χ1) is 6.22. The summed E-state index contributed by atoms with van der Waals surface area (Å²) in [5.41, 5.74) is 0. The topological polar surface area (TPSA) is 29.5 Å². The van der Waals surface area contributed by atoms with Crippen LogP contribution in [0.4, 0.5) is 0 Å². The standard InChI is InChI=1S/C10H17NO2/c1-4-5-6-7-8-9-10(12)11(2)13-3/h6-9H,4-5H2,1-3H3/b7-6-,9-8+. The lowest BCUT2D eigenvalue weighted by atomic mass is 10.3. The number of hydrogen-bond donors (Lipinski definition) is 0. The zero-order chi connectivity index (χ0) is 10.1. The molecule has 0 aliphatic rings. The lowest BCUT2D eigenvalue weighted by Gasteiger charge is -2.09. The van der Waals surface area contributed by atoms with Crippen molar-refractivity contribution in [3.63, 3.8) is 0 Å². The summed E-state index contributed by atoms with van der Waals surface area (Å²) in [7, 11) is 3.03.